The lowest BCUT2D eigenvalue weighted by Crippen LogP contribution is -2.32. The van der Waals surface area contributed by atoms with Crippen molar-refractivity contribution >= 4 is 13.4 Å². The minimum atomic E-state index is -3.55. The Morgan fingerprint density at radius 3 is 2.41 bits per heavy atom. The maximum Gasteiger partial charge on any atom is 0.356 e. The zero-order chi connectivity index (χ0) is 20.2. The lowest BCUT2D eigenvalue weighted by atomic mass is 10.2. The highest BCUT2D eigenvalue weighted by atomic mass is 31.2. The summed E-state index contributed by atoms with van der Waals surface area (Å²) in [6.07, 6.45) is -1.89. The third-order valence-corrected chi connectivity index (χ3v) is 5.36. The molecule has 2 heterocycles. The molecule has 0 aliphatic carbocycles. The van der Waals surface area contributed by atoms with Crippen molar-refractivity contribution in [2.24, 2.45) is 0 Å². The molecule has 1 aliphatic heterocycles. The van der Waals surface area contributed by atoms with Gasteiger partial charge in [0.1, 0.15) is 12.5 Å². The Balaban J connectivity index is 2.06. The third kappa shape index (κ3) is 5.70. The van der Waals surface area contributed by atoms with Crippen molar-refractivity contribution < 1.29 is 32.6 Å². The van der Waals surface area contributed by atoms with Gasteiger partial charge in [0.25, 0.3) is 0 Å². The van der Waals surface area contributed by atoms with E-state index in [1.165, 1.54) is 19.4 Å². The monoisotopic (exact) mass is 404 g/mol. The number of rotatable bonds is 9. The molecule has 27 heavy (non-hydrogen) atoms. The van der Waals surface area contributed by atoms with Gasteiger partial charge in [0.05, 0.1) is 25.9 Å². The van der Waals surface area contributed by atoms with Crippen LogP contribution in [-0.4, -0.2) is 53.7 Å². The molecular formula is C16H25N2O8P. The molecule has 1 fully saturated rings. The van der Waals surface area contributed by atoms with Gasteiger partial charge < -0.3 is 23.3 Å². The molecule has 0 unspecified atom stereocenters. The van der Waals surface area contributed by atoms with E-state index in [0.29, 0.717) is 0 Å². The van der Waals surface area contributed by atoms with Gasteiger partial charge in [-0.15, -0.1) is 0 Å². The lowest BCUT2D eigenvalue weighted by Gasteiger charge is -2.23. The molecule has 0 radical (unpaired) electrons. The molecule has 10 nitrogen and oxygen atoms in total. The van der Waals surface area contributed by atoms with Crippen LogP contribution in [0.15, 0.2) is 17.1 Å². The minimum Gasteiger partial charge on any atom is -0.481 e. The number of Topliss-reactive ketones (excluding diaryl/α,β-unsaturated/α-hetero) is 1. The maximum atomic E-state index is 12.8. The zero-order valence-electron chi connectivity index (χ0n) is 16.0. The number of ether oxygens (including phenoxy) is 3. The fraction of sp³-hybridized carbons (Fsp3) is 0.688. The molecule has 1 aromatic heterocycles. The molecule has 1 aromatic rings. The predicted octanol–water partition coefficient (Wildman–Crippen LogP) is 1.74. The van der Waals surface area contributed by atoms with Gasteiger partial charge in [-0.2, -0.15) is 4.98 Å². The number of carbonyl (C=O) groups is 1. The minimum absolute atomic E-state index is 0.0919. The van der Waals surface area contributed by atoms with Crippen LogP contribution in [0.2, 0.25) is 0 Å². The van der Waals surface area contributed by atoms with Gasteiger partial charge >= 0.3 is 13.3 Å². The van der Waals surface area contributed by atoms with Gasteiger partial charge in [0, 0.05) is 12.3 Å². The smallest absolute Gasteiger partial charge is 0.356 e. The molecule has 0 saturated carbocycles. The quantitative estimate of drug-likeness (QED) is 0.568. The SMILES string of the molecule is COc1ccn([C@@H]2OC[C@H](OCP(=O)(OC(C)C)OC(C)C)C2=O)c(=O)n1. The third-order valence-electron chi connectivity index (χ3n) is 3.41. The van der Waals surface area contributed by atoms with Crippen LogP contribution in [0.5, 0.6) is 5.88 Å². The first-order chi connectivity index (χ1) is 12.6. The molecule has 1 saturated heterocycles. The van der Waals surface area contributed by atoms with Gasteiger partial charge in [0.2, 0.25) is 11.7 Å². The second-order valence-electron chi connectivity index (χ2n) is 6.45. The standard InChI is InChI=1S/C16H25N2O8P/c1-10(2)25-27(21,26-11(3)4)9-24-12-8-23-15(14(12)19)18-7-6-13(22-5)17-16(18)20/h6-7,10-12,15H,8-9H2,1-5H3/t12-,15+/m0/s1. The first-order valence-corrected chi connectivity index (χ1v) is 10.2. The van der Waals surface area contributed by atoms with Gasteiger partial charge in [-0.25, -0.2) is 4.79 Å². The summed E-state index contributed by atoms with van der Waals surface area (Å²) in [6.45, 7) is 6.79. The molecule has 0 aromatic carbocycles. The number of ketones is 1. The van der Waals surface area contributed by atoms with Crippen LogP contribution in [0.25, 0.3) is 0 Å². The summed E-state index contributed by atoms with van der Waals surface area (Å²) in [5.74, 6) is -0.350. The van der Waals surface area contributed by atoms with Gasteiger partial charge in [-0.3, -0.25) is 13.9 Å². The van der Waals surface area contributed by atoms with E-state index >= 15 is 0 Å². The topological polar surface area (TPSA) is 115 Å². The van der Waals surface area contributed by atoms with Crippen LogP contribution in [-0.2, 0) is 27.9 Å². The van der Waals surface area contributed by atoms with Crippen molar-refractivity contribution in [3.05, 3.63) is 22.7 Å². The molecule has 152 valence electrons. The highest BCUT2D eigenvalue weighted by molar-refractivity contribution is 7.53. The van der Waals surface area contributed by atoms with Crippen molar-refractivity contribution in [1.82, 2.24) is 9.55 Å². The van der Waals surface area contributed by atoms with Crippen molar-refractivity contribution in [3.8, 4) is 5.88 Å². The Bertz CT molecular complexity index is 749. The number of hydrogen-bond donors (Lipinski definition) is 0. The average molecular weight is 404 g/mol. The summed E-state index contributed by atoms with van der Waals surface area (Å²) >= 11 is 0. The summed E-state index contributed by atoms with van der Waals surface area (Å²) < 4.78 is 40.3. The van der Waals surface area contributed by atoms with Gasteiger partial charge in [-0.05, 0) is 27.7 Å². The lowest BCUT2D eigenvalue weighted by molar-refractivity contribution is -0.131. The fourth-order valence-electron chi connectivity index (χ4n) is 2.45. The molecule has 0 N–H and O–H groups in total. The number of nitrogens with zero attached hydrogens (tertiary/aromatic N) is 2. The predicted molar refractivity (Wildman–Crippen MR) is 94.8 cm³/mol. The van der Waals surface area contributed by atoms with E-state index in [9.17, 15) is 14.2 Å². The van der Waals surface area contributed by atoms with E-state index in [0.717, 1.165) is 4.57 Å². The van der Waals surface area contributed by atoms with E-state index in [1.807, 2.05) is 0 Å². The summed E-state index contributed by atoms with van der Waals surface area (Å²) in [5.41, 5.74) is -0.690. The molecule has 1 aliphatic rings. The number of methoxy groups -OCH3 is 1. The first kappa shape index (κ1) is 21.7. The van der Waals surface area contributed by atoms with E-state index in [-0.39, 0.29) is 24.7 Å². The van der Waals surface area contributed by atoms with E-state index < -0.39 is 37.7 Å². The second kappa shape index (κ2) is 9.07. The fourth-order valence-corrected chi connectivity index (χ4v) is 4.27. The summed E-state index contributed by atoms with van der Waals surface area (Å²) in [4.78, 5) is 28.2. The number of hydrogen-bond acceptors (Lipinski definition) is 9. The summed E-state index contributed by atoms with van der Waals surface area (Å²) in [5, 5.41) is 0. The van der Waals surface area contributed by atoms with E-state index in [2.05, 4.69) is 4.98 Å². The molecular weight excluding hydrogens is 379 g/mol. The average Bonchev–Trinajstić information content (AvgIpc) is 2.92. The van der Waals surface area contributed by atoms with Crippen LogP contribution in [0, 0.1) is 0 Å². The summed E-state index contributed by atoms with van der Waals surface area (Å²) in [7, 11) is -2.17. The Kier molecular flexibility index (Phi) is 7.30. The largest absolute Gasteiger partial charge is 0.481 e. The van der Waals surface area contributed by atoms with Gasteiger partial charge in [0.15, 0.2) is 6.23 Å². The van der Waals surface area contributed by atoms with Crippen molar-refractivity contribution in [1.29, 1.82) is 0 Å². The number of aromatic nitrogens is 2. The van der Waals surface area contributed by atoms with Crippen LogP contribution in [0.1, 0.15) is 33.9 Å². The Hall–Kier alpha value is -1.58. The highest BCUT2D eigenvalue weighted by Gasteiger charge is 2.40. The zero-order valence-corrected chi connectivity index (χ0v) is 16.9. The Labute approximate surface area is 157 Å². The normalized spacial score (nSPS) is 20.6. The van der Waals surface area contributed by atoms with E-state index in [4.69, 9.17) is 23.3 Å². The molecule has 0 spiro atoms. The van der Waals surface area contributed by atoms with Crippen molar-refractivity contribution in [2.75, 3.05) is 20.1 Å². The van der Waals surface area contributed by atoms with Crippen LogP contribution < -0.4 is 10.4 Å². The van der Waals surface area contributed by atoms with Crippen LogP contribution in [0.3, 0.4) is 0 Å². The number of carbonyl (C=O) groups excluding carboxylic acids is 1. The van der Waals surface area contributed by atoms with Gasteiger partial charge in [-0.1, -0.05) is 0 Å². The van der Waals surface area contributed by atoms with E-state index in [1.54, 1.807) is 27.7 Å². The Morgan fingerprint density at radius 2 is 1.89 bits per heavy atom. The first-order valence-electron chi connectivity index (χ1n) is 8.51. The van der Waals surface area contributed by atoms with Crippen molar-refractivity contribution in [3.63, 3.8) is 0 Å². The Morgan fingerprint density at radius 1 is 1.26 bits per heavy atom. The summed E-state index contributed by atoms with van der Waals surface area (Å²) in [6, 6.07) is 1.44. The maximum absolute atomic E-state index is 12.8. The molecule has 2 atom stereocenters. The second-order valence-corrected chi connectivity index (χ2v) is 8.35. The van der Waals surface area contributed by atoms with Crippen LogP contribution >= 0.6 is 7.60 Å². The molecule has 2 rings (SSSR count). The highest BCUT2D eigenvalue weighted by Crippen LogP contribution is 2.50. The van der Waals surface area contributed by atoms with Crippen molar-refractivity contribution in [2.45, 2.75) is 52.2 Å². The molecule has 11 heteroatoms. The van der Waals surface area contributed by atoms with Crippen LogP contribution in [0.4, 0.5) is 0 Å². The molecule has 0 amide bonds. The molecule has 0 bridgehead atoms.